The molecule has 1 aliphatic carbocycles. The van der Waals surface area contributed by atoms with Gasteiger partial charge in [0.05, 0.1) is 22.4 Å². The normalized spacial score (nSPS) is 20.1. The van der Waals surface area contributed by atoms with Crippen LogP contribution in [0.3, 0.4) is 0 Å². The summed E-state index contributed by atoms with van der Waals surface area (Å²) in [6.45, 7) is 0. The number of hydrogen-bond donors (Lipinski definition) is 2. The van der Waals surface area contributed by atoms with Crippen molar-refractivity contribution in [2.24, 2.45) is 5.41 Å². The minimum Gasteiger partial charge on any atom is -0.478 e. The lowest BCUT2D eigenvalue weighted by Gasteiger charge is -2.23. The van der Waals surface area contributed by atoms with Crippen LogP contribution in [-0.4, -0.2) is 22.0 Å². The van der Waals surface area contributed by atoms with E-state index in [0.29, 0.717) is 12.1 Å². The summed E-state index contributed by atoms with van der Waals surface area (Å²) in [5.74, 6) is -1.03. The Labute approximate surface area is 91.5 Å². The number of aromatic carboxylic acids is 1. The maximum Gasteiger partial charge on any atom is 0.337 e. The summed E-state index contributed by atoms with van der Waals surface area (Å²) < 4.78 is 0. The van der Waals surface area contributed by atoms with Gasteiger partial charge in [0.2, 0.25) is 5.91 Å². The Bertz CT molecular complexity index is 506. The number of hydrogen-bond acceptors (Lipinski definition) is 3. The fourth-order valence-electron chi connectivity index (χ4n) is 2.07. The van der Waals surface area contributed by atoms with E-state index in [-0.39, 0.29) is 16.9 Å². The summed E-state index contributed by atoms with van der Waals surface area (Å²) >= 11 is 0. The van der Waals surface area contributed by atoms with E-state index in [1.807, 2.05) is 0 Å². The molecule has 0 radical (unpaired) electrons. The Morgan fingerprint density at radius 2 is 2.25 bits per heavy atom. The van der Waals surface area contributed by atoms with Gasteiger partial charge in [-0.3, -0.25) is 9.78 Å². The summed E-state index contributed by atoms with van der Waals surface area (Å²) in [5, 5.41) is 11.6. The molecule has 1 fully saturated rings. The molecule has 5 nitrogen and oxygen atoms in total. The van der Waals surface area contributed by atoms with E-state index < -0.39 is 5.97 Å². The van der Waals surface area contributed by atoms with Crippen molar-refractivity contribution in [2.45, 2.75) is 19.3 Å². The Balaban J connectivity index is 2.02. The van der Waals surface area contributed by atoms with Gasteiger partial charge in [-0.2, -0.15) is 0 Å². The Hall–Kier alpha value is -1.91. The Morgan fingerprint density at radius 3 is 2.88 bits per heavy atom. The first-order valence-corrected chi connectivity index (χ1v) is 5.14. The van der Waals surface area contributed by atoms with Crippen molar-refractivity contribution in [1.82, 2.24) is 4.98 Å². The van der Waals surface area contributed by atoms with Crippen molar-refractivity contribution >= 4 is 17.6 Å². The van der Waals surface area contributed by atoms with E-state index in [1.54, 1.807) is 0 Å². The molecule has 1 aromatic heterocycles. The highest BCUT2D eigenvalue weighted by Crippen LogP contribution is 2.51. The summed E-state index contributed by atoms with van der Waals surface area (Å²) in [6, 6.07) is 1.47. The van der Waals surface area contributed by atoms with Crippen LogP contribution in [0.2, 0.25) is 0 Å². The lowest BCUT2D eigenvalue weighted by molar-refractivity contribution is -0.121. The number of anilines is 1. The molecule has 82 valence electrons. The monoisotopic (exact) mass is 218 g/mol. The highest BCUT2D eigenvalue weighted by Gasteiger charge is 2.52. The van der Waals surface area contributed by atoms with Gasteiger partial charge in [0, 0.05) is 12.6 Å². The second-order valence-electron chi connectivity index (χ2n) is 4.43. The number of carboxylic acids is 1. The van der Waals surface area contributed by atoms with Crippen LogP contribution in [-0.2, 0) is 11.2 Å². The fourth-order valence-corrected chi connectivity index (χ4v) is 2.07. The van der Waals surface area contributed by atoms with Gasteiger partial charge < -0.3 is 10.4 Å². The molecule has 0 aromatic carbocycles. The molecule has 1 saturated carbocycles. The number of nitrogens with zero attached hydrogens (tertiary/aromatic N) is 1. The molecule has 1 aromatic rings. The minimum absolute atomic E-state index is 0.00402. The smallest absolute Gasteiger partial charge is 0.337 e. The molecule has 0 unspecified atom stereocenters. The number of carbonyl (C=O) groups excluding carboxylic acids is 1. The van der Waals surface area contributed by atoms with Crippen LogP contribution >= 0.6 is 0 Å². The van der Waals surface area contributed by atoms with Crippen LogP contribution in [0, 0.1) is 5.41 Å². The van der Waals surface area contributed by atoms with E-state index >= 15 is 0 Å². The van der Waals surface area contributed by atoms with E-state index in [1.165, 1.54) is 12.3 Å². The third-order valence-corrected chi connectivity index (χ3v) is 3.31. The number of fused-ring (bicyclic) bond motifs is 1. The number of nitrogens with one attached hydrogen (secondary N) is 1. The number of pyridine rings is 1. The van der Waals surface area contributed by atoms with E-state index in [9.17, 15) is 9.59 Å². The van der Waals surface area contributed by atoms with Gasteiger partial charge in [0.15, 0.2) is 0 Å². The number of rotatable bonds is 1. The molecule has 2 N–H and O–H groups in total. The summed E-state index contributed by atoms with van der Waals surface area (Å²) in [6.07, 6.45) is 3.78. The number of carbonyl (C=O) groups is 2. The van der Waals surface area contributed by atoms with E-state index in [0.717, 1.165) is 18.5 Å². The second-order valence-corrected chi connectivity index (χ2v) is 4.43. The minimum atomic E-state index is -1.03. The zero-order chi connectivity index (χ0) is 11.3. The van der Waals surface area contributed by atoms with Gasteiger partial charge in [0.25, 0.3) is 0 Å². The van der Waals surface area contributed by atoms with Crippen molar-refractivity contribution in [3.05, 3.63) is 23.5 Å². The van der Waals surface area contributed by atoms with Gasteiger partial charge in [-0.05, 0) is 18.9 Å². The first kappa shape index (κ1) is 9.33. The molecule has 2 heterocycles. The molecule has 1 spiro atoms. The first-order chi connectivity index (χ1) is 7.61. The predicted octanol–water partition coefficient (Wildman–Crippen LogP) is 1.05. The lowest BCUT2D eigenvalue weighted by Crippen LogP contribution is -2.32. The lowest BCUT2D eigenvalue weighted by atomic mass is 9.93. The molecule has 16 heavy (non-hydrogen) atoms. The van der Waals surface area contributed by atoms with Gasteiger partial charge in [-0.1, -0.05) is 0 Å². The number of amides is 1. The molecule has 1 amide bonds. The summed E-state index contributed by atoms with van der Waals surface area (Å²) in [4.78, 5) is 26.6. The zero-order valence-electron chi connectivity index (χ0n) is 8.49. The SMILES string of the molecule is O=C(O)c1cnc2c(c1)NC(=O)C1(CC1)C2. The van der Waals surface area contributed by atoms with Gasteiger partial charge in [0.1, 0.15) is 0 Å². The van der Waals surface area contributed by atoms with E-state index in [4.69, 9.17) is 5.11 Å². The molecule has 0 bridgehead atoms. The molecular weight excluding hydrogens is 208 g/mol. The number of aromatic nitrogens is 1. The van der Waals surface area contributed by atoms with Crippen molar-refractivity contribution in [1.29, 1.82) is 0 Å². The first-order valence-electron chi connectivity index (χ1n) is 5.14. The van der Waals surface area contributed by atoms with E-state index in [2.05, 4.69) is 10.3 Å². The van der Waals surface area contributed by atoms with Crippen LogP contribution in [0.4, 0.5) is 5.69 Å². The summed E-state index contributed by atoms with van der Waals surface area (Å²) in [7, 11) is 0. The highest BCUT2D eigenvalue weighted by atomic mass is 16.4. The molecule has 3 rings (SSSR count). The molecular formula is C11H10N2O3. The second kappa shape index (κ2) is 2.81. The highest BCUT2D eigenvalue weighted by molar-refractivity contribution is 6.01. The molecule has 2 aliphatic rings. The van der Waals surface area contributed by atoms with Gasteiger partial charge in [-0.15, -0.1) is 0 Å². The average Bonchev–Trinajstić information content (AvgIpc) is 3.00. The van der Waals surface area contributed by atoms with Crippen LogP contribution in [0.1, 0.15) is 28.9 Å². The van der Waals surface area contributed by atoms with Crippen LogP contribution in [0.25, 0.3) is 0 Å². The topological polar surface area (TPSA) is 79.3 Å². The third kappa shape index (κ3) is 1.21. The quantitative estimate of drug-likeness (QED) is 0.738. The molecule has 1 aliphatic heterocycles. The predicted molar refractivity (Wildman–Crippen MR) is 55.2 cm³/mol. The standard InChI is InChI=1S/C11H10N2O3/c14-9(15)6-3-7-8(12-5-6)4-11(1-2-11)10(16)13-7/h3,5H,1-2,4H2,(H,13,16)(H,14,15). The van der Waals surface area contributed by atoms with Crippen molar-refractivity contribution in [2.75, 3.05) is 5.32 Å². The van der Waals surface area contributed by atoms with Gasteiger partial charge in [-0.25, -0.2) is 4.79 Å². The van der Waals surface area contributed by atoms with Crippen LogP contribution in [0.15, 0.2) is 12.3 Å². The fraction of sp³-hybridized carbons (Fsp3) is 0.364. The maximum atomic E-state index is 11.7. The van der Waals surface area contributed by atoms with Crippen LogP contribution < -0.4 is 5.32 Å². The largest absolute Gasteiger partial charge is 0.478 e. The molecule has 0 saturated heterocycles. The average molecular weight is 218 g/mol. The molecule has 5 heteroatoms. The Morgan fingerprint density at radius 1 is 1.50 bits per heavy atom. The zero-order valence-corrected chi connectivity index (χ0v) is 8.49. The van der Waals surface area contributed by atoms with Crippen molar-refractivity contribution < 1.29 is 14.7 Å². The third-order valence-electron chi connectivity index (χ3n) is 3.31. The van der Waals surface area contributed by atoms with Crippen LogP contribution in [0.5, 0.6) is 0 Å². The van der Waals surface area contributed by atoms with Crippen molar-refractivity contribution in [3.63, 3.8) is 0 Å². The summed E-state index contributed by atoms with van der Waals surface area (Å²) in [5.41, 5.74) is 1.19. The Kier molecular flexibility index (Phi) is 1.64. The molecule has 0 atom stereocenters. The maximum absolute atomic E-state index is 11.7. The number of carboxylic acid groups (broad SMARTS) is 1. The van der Waals surface area contributed by atoms with Crippen molar-refractivity contribution in [3.8, 4) is 0 Å². The van der Waals surface area contributed by atoms with Gasteiger partial charge >= 0.3 is 5.97 Å².